The number of nitrogens with two attached hydrogens (primary N) is 1. The van der Waals surface area contributed by atoms with Crippen molar-refractivity contribution in [1.29, 1.82) is 0 Å². The summed E-state index contributed by atoms with van der Waals surface area (Å²) in [6.07, 6.45) is -3.43. The van der Waals surface area contributed by atoms with Crippen molar-refractivity contribution < 1.29 is 31.8 Å². The molecule has 2 N–H and O–H groups in total. The molecule has 0 spiro atoms. The second-order valence-corrected chi connectivity index (χ2v) is 6.39. The van der Waals surface area contributed by atoms with Crippen LogP contribution in [0, 0.1) is 0 Å². The number of benzene rings is 2. The second kappa shape index (κ2) is 7.26. The van der Waals surface area contributed by atoms with Gasteiger partial charge in [0.2, 0.25) is 0 Å². The van der Waals surface area contributed by atoms with E-state index in [1.807, 2.05) is 0 Å². The maximum Gasteiger partial charge on any atom is 0.394 e. The lowest BCUT2D eigenvalue weighted by Crippen LogP contribution is -2.41. The highest BCUT2D eigenvalue weighted by molar-refractivity contribution is 6.08. The molecule has 6 nitrogen and oxygen atoms in total. The van der Waals surface area contributed by atoms with Crippen LogP contribution in [0.5, 0.6) is 11.5 Å². The Hall–Kier alpha value is -3.30. The van der Waals surface area contributed by atoms with Gasteiger partial charge in [-0.2, -0.15) is 17.6 Å². The van der Waals surface area contributed by atoms with Crippen LogP contribution in [-0.2, 0) is 10.3 Å². The van der Waals surface area contributed by atoms with Crippen LogP contribution in [0.1, 0.15) is 18.1 Å². The van der Waals surface area contributed by atoms with Gasteiger partial charge >= 0.3 is 12.7 Å². The van der Waals surface area contributed by atoms with Crippen LogP contribution in [0.2, 0.25) is 0 Å². The molecular formula is C19H17F4N3O3. The molecule has 0 unspecified atom stereocenters. The number of hydrogen-bond acceptors (Lipinski definition) is 5. The third kappa shape index (κ3) is 3.96. The first-order valence-electron chi connectivity index (χ1n) is 8.39. The lowest BCUT2D eigenvalue weighted by Gasteiger charge is -2.27. The number of aliphatic imine (C=N–C) groups is 1. The predicted octanol–water partition coefficient (Wildman–Crippen LogP) is 3.31. The molecule has 0 bridgehead atoms. The SMILES string of the molecule is CN1C(=O)[C@@](c2ccc(OC(F)F)cc2)(c2cccc(OC(C)(F)F)c2)N=C1N. The Labute approximate surface area is 163 Å². The van der Waals surface area contributed by atoms with Gasteiger partial charge in [0.1, 0.15) is 11.5 Å². The van der Waals surface area contributed by atoms with E-state index in [4.69, 9.17) is 5.73 Å². The van der Waals surface area contributed by atoms with Crippen molar-refractivity contribution in [3.05, 3.63) is 59.7 Å². The number of amides is 1. The van der Waals surface area contributed by atoms with E-state index in [0.717, 1.165) is 4.90 Å². The first-order chi connectivity index (χ1) is 13.5. The van der Waals surface area contributed by atoms with Crippen LogP contribution < -0.4 is 15.2 Å². The van der Waals surface area contributed by atoms with Crippen molar-refractivity contribution in [3.8, 4) is 11.5 Å². The maximum atomic E-state index is 13.3. The number of ether oxygens (including phenoxy) is 2. The molecule has 1 aliphatic rings. The highest BCUT2D eigenvalue weighted by atomic mass is 19.3. The van der Waals surface area contributed by atoms with E-state index in [9.17, 15) is 22.4 Å². The molecule has 10 heteroatoms. The number of carbonyl (C=O) groups is 1. The van der Waals surface area contributed by atoms with Gasteiger partial charge < -0.3 is 15.2 Å². The Bertz CT molecular complexity index is 944. The zero-order chi connectivity index (χ0) is 21.4. The van der Waals surface area contributed by atoms with Gasteiger partial charge in [-0.1, -0.05) is 24.3 Å². The summed E-state index contributed by atoms with van der Waals surface area (Å²) < 4.78 is 60.3. The van der Waals surface area contributed by atoms with Crippen LogP contribution in [0.3, 0.4) is 0 Å². The van der Waals surface area contributed by atoms with E-state index in [1.165, 1.54) is 55.6 Å². The van der Waals surface area contributed by atoms with Crippen LogP contribution in [-0.4, -0.2) is 36.5 Å². The standard InChI is InChI=1S/C19H17F4N3O3/c1-18(22,23)29-14-5-3-4-12(10-14)19(15(27)26(2)17(24)25-19)11-6-8-13(9-7-11)28-16(20)21/h3-10,16H,1-2H3,(H2,24,25)/t19-/m1/s1. The summed E-state index contributed by atoms with van der Waals surface area (Å²) in [7, 11) is 1.41. The number of carbonyl (C=O) groups excluding carboxylic acids is 1. The van der Waals surface area contributed by atoms with E-state index in [0.29, 0.717) is 6.92 Å². The molecule has 0 saturated heterocycles. The van der Waals surface area contributed by atoms with Gasteiger partial charge in [0, 0.05) is 14.0 Å². The first kappa shape index (κ1) is 20.4. The van der Waals surface area contributed by atoms with Crippen LogP contribution >= 0.6 is 0 Å². The molecule has 29 heavy (non-hydrogen) atoms. The number of likely N-dealkylation sites (N-methyl/N-ethyl adjacent to an activating group) is 1. The molecule has 1 atom stereocenters. The van der Waals surface area contributed by atoms with E-state index < -0.39 is 24.2 Å². The molecule has 0 saturated carbocycles. The van der Waals surface area contributed by atoms with Gasteiger partial charge in [0.05, 0.1) is 0 Å². The Balaban J connectivity index is 2.12. The fraction of sp³-hybridized carbons (Fsp3) is 0.263. The number of guanidine groups is 1. The molecule has 2 aromatic rings. The fourth-order valence-corrected chi connectivity index (χ4v) is 3.05. The van der Waals surface area contributed by atoms with Crippen molar-refractivity contribution in [1.82, 2.24) is 4.90 Å². The van der Waals surface area contributed by atoms with Gasteiger partial charge in [-0.05, 0) is 35.4 Å². The monoisotopic (exact) mass is 411 g/mol. The summed E-state index contributed by atoms with van der Waals surface area (Å²) in [6.45, 7) is -2.42. The Kier molecular flexibility index (Phi) is 5.12. The van der Waals surface area contributed by atoms with Crippen molar-refractivity contribution in [3.63, 3.8) is 0 Å². The molecule has 0 aromatic heterocycles. The lowest BCUT2D eigenvalue weighted by atomic mass is 9.82. The van der Waals surface area contributed by atoms with Gasteiger partial charge in [-0.3, -0.25) is 9.69 Å². The fourth-order valence-electron chi connectivity index (χ4n) is 3.05. The molecule has 0 radical (unpaired) electrons. The van der Waals surface area contributed by atoms with Gasteiger partial charge in [-0.25, -0.2) is 4.99 Å². The lowest BCUT2D eigenvalue weighted by molar-refractivity contribution is -0.159. The molecule has 1 amide bonds. The average Bonchev–Trinajstić information content (AvgIpc) is 2.86. The highest BCUT2D eigenvalue weighted by Gasteiger charge is 2.49. The number of halogens is 4. The van der Waals surface area contributed by atoms with Gasteiger partial charge in [0.25, 0.3) is 5.91 Å². The zero-order valence-electron chi connectivity index (χ0n) is 15.4. The Morgan fingerprint density at radius 1 is 1.10 bits per heavy atom. The Morgan fingerprint density at radius 3 is 2.28 bits per heavy atom. The minimum absolute atomic E-state index is 0.0879. The zero-order valence-corrected chi connectivity index (χ0v) is 15.4. The molecule has 2 aromatic carbocycles. The summed E-state index contributed by atoms with van der Waals surface area (Å²) in [5.74, 6) is -0.923. The molecule has 3 rings (SSSR count). The summed E-state index contributed by atoms with van der Waals surface area (Å²) in [4.78, 5) is 18.5. The molecule has 1 aliphatic heterocycles. The molecule has 1 heterocycles. The van der Waals surface area contributed by atoms with Crippen LogP contribution in [0.25, 0.3) is 0 Å². The number of alkyl halides is 4. The van der Waals surface area contributed by atoms with Crippen molar-refractivity contribution >= 4 is 11.9 Å². The average molecular weight is 411 g/mol. The van der Waals surface area contributed by atoms with Crippen LogP contribution in [0.15, 0.2) is 53.5 Å². The normalized spacial score (nSPS) is 19.5. The molecule has 154 valence electrons. The molecular weight excluding hydrogens is 394 g/mol. The molecule has 0 aliphatic carbocycles. The highest BCUT2D eigenvalue weighted by Crippen LogP contribution is 2.41. The van der Waals surface area contributed by atoms with E-state index in [-0.39, 0.29) is 28.6 Å². The largest absolute Gasteiger partial charge is 0.435 e. The predicted molar refractivity (Wildman–Crippen MR) is 95.9 cm³/mol. The smallest absolute Gasteiger partial charge is 0.394 e. The van der Waals surface area contributed by atoms with Crippen molar-refractivity contribution in [2.45, 2.75) is 25.2 Å². The number of hydrogen-bond donors (Lipinski definition) is 1. The van der Waals surface area contributed by atoms with E-state index >= 15 is 0 Å². The minimum Gasteiger partial charge on any atom is -0.435 e. The van der Waals surface area contributed by atoms with E-state index in [2.05, 4.69) is 14.5 Å². The topological polar surface area (TPSA) is 77.2 Å². The first-order valence-corrected chi connectivity index (χ1v) is 8.39. The molecule has 0 fully saturated rings. The number of nitrogens with zero attached hydrogens (tertiary/aromatic N) is 2. The Morgan fingerprint density at radius 2 is 1.76 bits per heavy atom. The van der Waals surface area contributed by atoms with Gasteiger partial charge in [-0.15, -0.1) is 0 Å². The summed E-state index contributed by atoms with van der Waals surface area (Å²) in [5.41, 5.74) is 4.65. The van der Waals surface area contributed by atoms with Crippen LogP contribution in [0.4, 0.5) is 17.6 Å². The summed E-state index contributed by atoms with van der Waals surface area (Å²) in [5, 5.41) is 0. The quantitative estimate of drug-likeness (QED) is 0.740. The van der Waals surface area contributed by atoms with Crippen molar-refractivity contribution in [2.24, 2.45) is 10.7 Å². The number of rotatable bonds is 6. The summed E-state index contributed by atoms with van der Waals surface area (Å²) in [6, 6.07) is 10.8. The van der Waals surface area contributed by atoms with E-state index in [1.54, 1.807) is 0 Å². The maximum absolute atomic E-state index is 13.3. The third-order valence-corrected chi connectivity index (χ3v) is 4.29. The van der Waals surface area contributed by atoms with Gasteiger partial charge in [0.15, 0.2) is 11.5 Å². The third-order valence-electron chi connectivity index (χ3n) is 4.29. The summed E-state index contributed by atoms with van der Waals surface area (Å²) >= 11 is 0. The minimum atomic E-state index is -3.43. The van der Waals surface area contributed by atoms with Crippen molar-refractivity contribution in [2.75, 3.05) is 7.05 Å². The second-order valence-electron chi connectivity index (χ2n) is 6.39.